The van der Waals surface area contributed by atoms with Gasteiger partial charge in [-0.15, -0.1) is 11.3 Å². The standard InChI is InChI=1S/C30H36ClN3O6S2/c1-30(2,3)16-24(35)29-27(40-17-25(36)37)26(31)28(41-29)20-7-5-9-23(15-20)33-22-10-12-34(13-11-22)42(38,39)18-19-6-4-8-21(32)14-19/h4-9,14-15,22,33H,10-13,16-18,32H2,1-3H3,(H,36,37). The van der Waals surface area contributed by atoms with Gasteiger partial charge in [0, 0.05) is 36.9 Å². The number of hydrogen-bond donors (Lipinski definition) is 3. The Morgan fingerprint density at radius 2 is 1.83 bits per heavy atom. The number of carbonyl (C=O) groups excluding carboxylic acids is 1. The van der Waals surface area contributed by atoms with Gasteiger partial charge in [0.05, 0.1) is 10.6 Å². The number of nitrogen functional groups attached to an aromatic ring is 1. The molecule has 1 fully saturated rings. The summed E-state index contributed by atoms with van der Waals surface area (Å²) in [6.45, 7) is 6.06. The molecule has 0 radical (unpaired) electrons. The van der Waals surface area contributed by atoms with Crippen molar-refractivity contribution >= 4 is 56.1 Å². The summed E-state index contributed by atoms with van der Waals surface area (Å²) in [7, 11) is -3.47. The quantitative estimate of drug-likeness (QED) is 0.169. The van der Waals surface area contributed by atoms with Crippen molar-refractivity contribution in [3.63, 3.8) is 0 Å². The van der Waals surface area contributed by atoms with Gasteiger partial charge in [-0.3, -0.25) is 4.79 Å². The normalized spacial score (nSPS) is 15.0. The van der Waals surface area contributed by atoms with Crippen LogP contribution >= 0.6 is 22.9 Å². The molecular formula is C30H36ClN3O6S2. The maximum Gasteiger partial charge on any atom is 0.341 e. The number of ether oxygens (including phenoxy) is 1. The van der Waals surface area contributed by atoms with Gasteiger partial charge in [0.1, 0.15) is 9.90 Å². The smallest absolute Gasteiger partial charge is 0.341 e. The Kier molecular flexibility index (Phi) is 9.87. The Morgan fingerprint density at radius 1 is 1.14 bits per heavy atom. The second kappa shape index (κ2) is 13.0. The third-order valence-corrected chi connectivity index (χ3v) is 10.3. The number of carboxylic acid groups (broad SMARTS) is 1. The number of thiophene rings is 1. The second-order valence-electron chi connectivity index (χ2n) is 11.6. The summed E-state index contributed by atoms with van der Waals surface area (Å²) in [5, 5.41) is 12.8. The Labute approximate surface area is 255 Å². The number of anilines is 2. The first-order valence-corrected chi connectivity index (χ1v) is 16.4. The summed E-state index contributed by atoms with van der Waals surface area (Å²) in [4.78, 5) is 25.2. The van der Waals surface area contributed by atoms with Crippen LogP contribution in [0.2, 0.25) is 5.02 Å². The number of nitrogens with zero attached hydrogens (tertiary/aromatic N) is 1. The van der Waals surface area contributed by atoms with Crippen LogP contribution in [0.5, 0.6) is 5.75 Å². The van der Waals surface area contributed by atoms with Crippen LogP contribution in [-0.2, 0) is 20.6 Å². The molecule has 0 spiro atoms. The first-order valence-electron chi connectivity index (χ1n) is 13.6. The highest BCUT2D eigenvalue weighted by Gasteiger charge is 2.30. The number of Topliss-reactive ketones (excluding diaryl/α,β-unsaturated/α-hetero) is 1. The fourth-order valence-electron chi connectivity index (χ4n) is 4.84. The highest BCUT2D eigenvalue weighted by molar-refractivity contribution is 7.88. The lowest BCUT2D eigenvalue weighted by Crippen LogP contribution is -2.42. The van der Waals surface area contributed by atoms with Crippen LogP contribution in [0.15, 0.2) is 48.5 Å². The van der Waals surface area contributed by atoms with E-state index in [1.807, 2.05) is 45.0 Å². The van der Waals surface area contributed by atoms with E-state index >= 15 is 0 Å². The molecule has 12 heteroatoms. The molecule has 3 aromatic rings. The number of ketones is 1. The van der Waals surface area contributed by atoms with Gasteiger partial charge in [-0.05, 0) is 53.6 Å². The third kappa shape index (κ3) is 8.25. The number of piperidine rings is 1. The van der Waals surface area contributed by atoms with Crippen LogP contribution in [-0.4, -0.2) is 55.3 Å². The molecule has 0 bridgehead atoms. The van der Waals surface area contributed by atoms with Crippen LogP contribution in [0, 0.1) is 5.41 Å². The number of sulfonamides is 1. The van der Waals surface area contributed by atoms with Crippen LogP contribution in [0.1, 0.15) is 55.3 Å². The lowest BCUT2D eigenvalue weighted by atomic mass is 9.89. The van der Waals surface area contributed by atoms with Crippen LogP contribution in [0.4, 0.5) is 11.4 Å². The molecule has 1 aliphatic rings. The molecule has 1 saturated heterocycles. The fraction of sp³-hybridized carbons (Fsp3) is 0.400. The molecule has 0 unspecified atom stereocenters. The average Bonchev–Trinajstić information content (AvgIpc) is 3.23. The lowest BCUT2D eigenvalue weighted by molar-refractivity contribution is -0.139. The Morgan fingerprint density at radius 3 is 2.48 bits per heavy atom. The first-order chi connectivity index (χ1) is 19.7. The molecule has 1 aromatic heterocycles. The number of benzene rings is 2. The molecule has 0 saturated carbocycles. The van der Waals surface area contributed by atoms with Crippen LogP contribution in [0.3, 0.4) is 0 Å². The highest BCUT2D eigenvalue weighted by atomic mass is 35.5. The minimum absolute atomic E-state index is 0.0660. The minimum Gasteiger partial charge on any atom is -0.479 e. The Balaban J connectivity index is 1.47. The van der Waals surface area contributed by atoms with Gasteiger partial charge >= 0.3 is 5.97 Å². The first kappa shape index (κ1) is 31.8. The van der Waals surface area contributed by atoms with Crippen molar-refractivity contribution in [2.45, 2.75) is 51.8 Å². The van der Waals surface area contributed by atoms with E-state index in [2.05, 4.69) is 5.32 Å². The predicted molar refractivity (Wildman–Crippen MR) is 168 cm³/mol. The van der Waals surface area contributed by atoms with Gasteiger partial charge in [0.15, 0.2) is 18.1 Å². The summed E-state index contributed by atoms with van der Waals surface area (Å²) in [5.74, 6) is -1.31. The fourth-order valence-corrected chi connectivity index (χ4v) is 7.89. The molecule has 0 aliphatic carbocycles. The number of carbonyl (C=O) groups is 2. The molecule has 0 atom stereocenters. The number of rotatable bonds is 11. The third-order valence-electron chi connectivity index (χ3n) is 6.74. The van der Waals surface area contributed by atoms with E-state index in [0.29, 0.717) is 46.9 Å². The molecule has 1 aliphatic heterocycles. The zero-order valence-electron chi connectivity index (χ0n) is 23.9. The summed E-state index contributed by atoms with van der Waals surface area (Å²) in [5.41, 5.74) is 8.32. The molecule has 0 amide bonds. The minimum atomic E-state index is -3.47. The van der Waals surface area contributed by atoms with Crippen molar-refractivity contribution in [2.75, 3.05) is 30.7 Å². The van der Waals surface area contributed by atoms with Crippen LogP contribution < -0.4 is 15.8 Å². The molecule has 42 heavy (non-hydrogen) atoms. The van der Waals surface area contributed by atoms with E-state index < -0.39 is 22.6 Å². The summed E-state index contributed by atoms with van der Waals surface area (Å²) >= 11 is 7.87. The number of nitrogens with one attached hydrogen (secondary N) is 1. The van der Waals surface area contributed by atoms with Gasteiger partial charge < -0.3 is 20.9 Å². The van der Waals surface area contributed by atoms with Gasteiger partial charge in [-0.2, -0.15) is 0 Å². The van der Waals surface area contributed by atoms with Gasteiger partial charge in [-0.25, -0.2) is 17.5 Å². The van der Waals surface area contributed by atoms with Crippen molar-refractivity contribution in [1.29, 1.82) is 0 Å². The maximum absolute atomic E-state index is 13.1. The SMILES string of the molecule is CC(C)(C)CC(=O)c1sc(-c2cccc(NC3CCN(S(=O)(=O)Cc4cccc(N)c4)CC3)c2)c(Cl)c1OCC(=O)O. The number of carboxylic acids is 1. The van der Waals surface area contributed by atoms with Crippen molar-refractivity contribution in [1.82, 2.24) is 4.31 Å². The topological polar surface area (TPSA) is 139 Å². The zero-order chi connectivity index (χ0) is 30.7. The summed E-state index contributed by atoms with van der Waals surface area (Å²) < 4.78 is 33.0. The Bertz CT molecular complexity index is 1560. The molecule has 2 aromatic carbocycles. The van der Waals surface area contributed by atoms with Gasteiger partial charge in [0.25, 0.3) is 0 Å². The maximum atomic E-state index is 13.1. The van der Waals surface area contributed by atoms with Crippen LogP contribution in [0.25, 0.3) is 10.4 Å². The van der Waals surface area contributed by atoms with Gasteiger partial charge in [0.2, 0.25) is 10.0 Å². The molecule has 2 heterocycles. The second-order valence-corrected chi connectivity index (χ2v) is 15.0. The van der Waals surface area contributed by atoms with Crippen molar-refractivity contribution < 1.29 is 27.9 Å². The average molecular weight is 634 g/mol. The van der Waals surface area contributed by atoms with Crippen molar-refractivity contribution in [3.8, 4) is 16.2 Å². The molecule has 4 rings (SSSR count). The Hall–Kier alpha value is -3.12. The van der Waals surface area contributed by atoms with E-state index in [1.54, 1.807) is 24.3 Å². The molecule has 4 N–H and O–H groups in total. The van der Waals surface area contributed by atoms with Crippen molar-refractivity contribution in [3.05, 3.63) is 64.0 Å². The molecular weight excluding hydrogens is 598 g/mol. The predicted octanol–water partition coefficient (Wildman–Crippen LogP) is 6.14. The van der Waals surface area contributed by atoms with E-state index in [-0.39, 0.29) is 40.2 Å². The van der Waals surface area contributed by atoms with E-state index in [0.717, 1.165) is 11.3 Å². The zero-order valence-corrected chi connectivity index (χ0v) is 26.2. The lowest BCUT2D eigenvalue weighted by Gasteiger charge is -2.32. The summed E-state index contributed by atoms with van der Waals surface area (Å²) in [6, 6.07) is 14.6. The van der Waals surface area contributed by atoms with Crippen molar-refractivity contribution in [2.24, 2.45) is 5.41 Å². The van der Waals surface area contributed by atoms with E-state index in [9.17, 15) is 18.0 Å². The summed E-state index contributed by atoms with van der Waals surface area (Å²) in [6.07, 6.45) is 1.53. The number of hydrogen-bond acceptors (Lipinski definition) is 8. The highest BCUT2D eigenvalue weighted by Crippen LogP contribution is 2.47. The monoisotopic (exact) mass is 633 g/mol. The number of nitrogens with two attached hydrogens (primary N) is 1. The van der Waals surface area contributed by atoms with Gasteiger partial charge in [-0.1, -0.05) is 56.6 Å². The van der Waals surface area contributed by atoms with E-state index in [1.165, 1.54) is 15.6 Å². The molecule has 9 nitrogen and oxygen atoms in total. The largest absolute Gasteiger partial charge is 0.479 e. The number of aliphatic carboxylic acids is 1. The number of halogens is 1. The van der Waals surface area contributed by atoms with E-state index in [4.69, 9.17) is 27.2 Å². The molecule has 226 valence electrons.